The van der Waals surface area contributed by atoms with Gasteiger partial charge in [-0.25, -0.2) is 0 Å². The van der Waals surface area contributed by atoms with Crippen LogP contribution in [0.3, 0.4) is 0 Å². The van der Waals surface area contributed by atoms with Crippen LogP contribution in [0.1, 0.15) is 18.4 Å². The van der Waals surface area contributed by atoms with E-state index in [2.05, 4.69) is 5.32 Å². The van der Waals surface area contributed by atoms with Crippen LogP contribution in [0.5, 0.6) is 0 Å². The summed E-state index contributed by atoms with van der Waals surface area (Å²) < 4.78 is 16.7. The lowest BCUT2D eigenvalue weighted by atomic mass is 10.1. The molecular formula is C15H23NO3S. The molecule has 2 rings (SSSR count). The maximum atomic E-state index is 11.2. The second-order valence-corrected chi connectivity index (χ2v) is 6.88. The molecule has 5 heteroatoms. The van der Waals surface area contributed by atoms with Crippen LogP contribution in [0.25, 0.3) is 0 Å². The molecule has 1 heterocycles. The molecule has 0 amide bonds. The standard InChI is InChI=1S/C15H23NO3S/c17-15(10-16-14-6-8-20(18)9-7-14)12-19-11-13-4-2-1-3-5-13/h1-5,14-17H,6-12H2. The van der Waals surface area contributed by atoms with Crippen LogP contribution in [0, 0.1) is 0 Å². The largest absolute Gasteiger partial charge is 0.389 e. The highest BCUT2D eigenvalue weighted by Gasteiger charge is 2.18. The van der Waals surface area contributed by atoms with E-state index in [9.17, 15) is 9.32 Å². The molecular weight excluding hydrogens is 274 g/mol. The summed E-state index contributed by atoms with van der Waals surface area (Å²) >= 11 is 0. The predicted octanol–water partition coefficient (Wildman–Crippen LogP) is 1.06. The summed E-state index contributed by atoms with van der Waals surface area (Å²) in [5.74, 6) is 1.55. The van der Waals surface area contributed by atoms with Gasteiger partial charge in [0.25, 0.3) is 0 Å². The van der Waals surface area contributed by atoms with E-state index >= 15 is 0 Å². The zero-order valence-corrected chi connectivity index (χ0v) is 12.5. The van der Waals surface area contributed by atoms with Crippen molar-refractivity contribution in [2.45, 2.75) is 31.6 Å². The minimum absolute atomic E-state index is 0.334. The summed E-state index contributed by atoms with van der Waals surface area (Å²) in [4.78, 5) is 0. The molecule has 2 N–H and O–H groups in total. The average molecular weight is 297 g/mol. The Morgan fingerprint density at radius 1 is 1.30 bits per heavy atom. The topological polar surface area (TPSA) is 58.6 Å². The number of nitrogens with one attached hydrogen (secondary N) is 1. The molecule has 1 aromatic rings. The first-order valence-corrected chi connectivity index (χ1v) is 8.61. The molecule has 1 unspecified atom stereocenters. The summed E-state index contributed by atoms with van der Waals surface area (Å²) in [6.45, 7) is 1.40. The number of hydrogen-bond donors (Lipinski definition) is 2. The van der Waals surface area contributed by atoms with Crippen molar-refractivity contribution in [3.05, 3.63) is 35.9 Å². The molecule has 1 aliphatic rings. The van der Waals surface area contributed by atoms with Gasteiger partial charge in [0.15, 0.2) is 0 Å². The zero-order chi connectivity index (χ0) is 14.2. The van der Waals surface area contributed by atoms with Crippen LogP contribution in [0.4, 0.5) is 0 Å². The normalized spacial score (nSPS) is 24.4. The van der Waals surface area contributed by atoms with Gasteiger partial charge in [-0.15, -0.1) is 0 Å². The average Bonchev–Trinajstić information content (AvgIpc) is 2.48. The Morgan fingerprint density at radius 2 is 2.00 bits per heavy atom. The molecule has 1 fully saturated rings. The fraction of sp³-hybridized carbons (Fsp3) is 0.600. The van der Waals surface area contributed by atoms with Gasteiger partial charge in [0.2, 0.25) is 0 Å². The predicted molar refractivity (Wildman–Crippen MR) is 81.0 cm³/mol. The minimum Gasteiger partial charge on any atom is -0.389 e. The highest BCUT2D eigenvalue weighted by Crippen LogP contribution is 2.09. The molecule has 0 radical (unpaired) electrons. The van der Waals surface area contributed by atoms with Crippen LogP contribution >= 0.6 is 0 Å². The van der Waals surface area contributed by atoms with Gasteiger partial charge in [0.1, 0.15) is 0 Å². The summed E-state index contributed by atoms with van der Waals surface area (Å²) in [6, 6.07) is 10.3. The SMILES string of the molecule is O=S1CCC(NCC(O)COCc2ccccc2)CC1. The highest BCUT2D eigenvalue weighted by atomic mass is 32.2. The molecule has 112 valence electrons. The zero-order valence-electron chi connectivity index (χ0n) is 11.7. The number of ether oxygens (including phenoxy) is 1. The lowest BCUT2D eigenvalue weighted by molar-refractivity contribution is 0.0275. The monoisotopic (exact) mass is 297 g/mol. The van der Waals surface area contributed by atoms with E-state index in [-0.39, 0.29) is 0 Å². The summed E-state index contributed by atoms with van der Waals surface area (Å²) in [6.07, 6.45) is 1.38. The summed E-state index contributed by atoms with van der Waals surface area (Å²) in [5.41, 5.74) is 1.11. The van der Waals surface area contributed by atoms with E-state index in [1.54, 1.807) is 0 Å². The molecule has 0 aromatic heterocycles. The Morgan fingerprint density at radius 3 is 2.70 bits per heavy atom. The van der Waals surface area contributed by atoms with Crippen LogP contribution < -0.4 is 5.32 Å². The van der Waals surface area contributed by atoms with Gasteiger partial charge < -0.3 is 15.2 Å². The van der Waals surface area contributed by atoms with Gasteiger partial charge in [-0.05, 0) is 18.4 Å². The smallest absolute Gasteiger partial charge is 0.0897 e. The van der Waals surface area contributed by atoms with Crippen molar-refractivity contribution in [2.24, 2.45) is 0 Å². The van der Waals surface area contributed by atoms with E-state index in [0.717, 1.165) is 29.9 Å². The first kappa shape index (κ1) is 15.6. The fourth-order valence-corrected chi connectivity index (χ4v) is 3.55. The molecule has 1 aromatic carbocycles. The number of rotatable bonds is 7. The molecule has 1 saturated heterocycles. The molecule has 0 saturated carbocycles. The van der Waals surface area contributed by atoms with Gasteiger partial charge >= 0.3 is 0 Å². The first-order chi connectivity index (χ1) is 9.74. The molecule has 1 aliphatic heterocycles. The summed E-state index contributed by atoms with van der Waals surface area (Å²) in [5, 5.41) is 13.2. The van der Waals surface area contributed by atoms with Crippen molar-refractivity contribution < 1.29 is 14.1 Å². The number of aliphatic hydroxyl groups excluding tert-OH is 1. The van der Waals surface area contributed by atoms with E-state index < -0.39 is 16.9 Å². The lowest BCUT2D eigenvalue weighted by Crippen LogP contribution is -2.41. The van der Waals surface area contributed by atoms with Crippen molar-refractivity contribution in [3.8, 4) is 0 Å². The maximum Gasteiger partial charge on any atom is 0.0897 e. The molecule has 0 spiro atoms. The van der Waals surface area contributed by atoms with Crippen molar-refractivity contribution in [3.63, 3.8) is 0 Å². The number of hydrogen-bond acceptors (Lipinski definition) is 4. The van der Waals surface area contributed by atoms with Crippen molar-refractivity contribution in [1.29, 1.82) is 0 Å². The number of benzene rings is 1. The van der Waals surface area contributed by atoms with E-state index in [1.807, 2.05) is 30.3 Å². The lowest BCUT2D eigenvalue weighted by Gasteiger charge is -2.24. The van der Waals surface area contributed by atoms with Gasteiger partial charge in [0, 0.05) is 34.9 Å². The third-order valence-electron chi connectivity index (χ3n) is 3.45. The van der Waals surface area contributed by atoms with Gasteiger partial charge in [0.05, 0.1) is 19.3 Å². The summed E-state index contributed by atoms with van der Waals surface area (Å²) in [7, 11) is -0.628. The third-order valence-corrected chi connectivity index (χ3v) is 4.83. The van der Waals surface area contributed by atoms with Gasteiger partial charge in [-0.2, -0.15) is 0 Å². The Kier molecular flexibility index (Phi) is 6.66. The van der Waals surface area contributed by atoms with Crippen LogP contribution in [0.2, 0.25) is 0 Å². The third kappa shape index (κ3) is 5.71. The molecule has 20 heavy (non-hydrogen) atoms. The fourth-order valence-electron chi connectivity index (χ4n) is 2.25. The number of aliphatic hydroxyl groups is 1. The molecule has 1 atom stereocenters. The molecule has 0 bridgehead atoms. The van der Waals surface area contributed by atoms with Crippen molar-refractivity contribution >= 4 is 10.8 Å². The molecule has 0 aliphatic carbocycles. The van der Waals surface area contributed by atoms with Crippen LogP contribution in [0.15, 0.2) is 30.3 Å². The second kappa shape index (κ2) is 8.52. The van der Waals surface area contributed by atoms with E-state index in [4.69, 9.17) is 4.74 Å². The van der Waals surface area contributed by atoms with Crippen molar-refractivity contribution in [1.82, 2.24) is 5.32 Å². The Hall–Kier alpha value is -0.750. The Balaban J connectivity index is 1.56. The van der Waals surface area contributed by atoms with Gasteiger partial charge in [-0.1, -0.05) is 30.3 Å². The van der Waals surface area contributed by atoms with E-state index in [1.165, 1.54) is 0 Å². The highest BCUT2D eigenvalue weighted by molar-refractivity contribution is 7.85. The van der Waals surface area contributed by atoms with Gasteiger partial charge in [-0.3, -0.25) is 4.21 Å². The van der Waals surface area contributed by atoms with Crippen LogP contribution in [-0.2, 0) is 22.1 Å². The quantitative estimate of drug-likeness (QED) is 0.790. The minimum atomic E-state index is -0.628. The maximum absolute atomic E-state index is 11.2. The molecule has 4 nitrogen and oxygen atoms in total. The Bertz CT molecular complexity index is 403. The van der Waals surface area contributed by atoms with E-state index in [0.29, 0.717) is 25.8 Å². The Labute approximate surface area is 123 Å². The second-order valence-electron chi connectivity index (χ2n) is 5.19. The first-order valence-electron chi connectivity index (χ1n) is 7.12. The van der Waals surface area contributed by atoms with Crippen molar-refractivity contribution in [2.75, 3.05) is 24.7 Å². The van der Waals surface area contributed by atoms with Crippen LogP contribution in [-0.4, -0.2) is 46.1 Å².